The van der Waals surface area contributed by atoms with E-state index in [0.29, 0.717) is 12.2 Å². The van der Waals surface area contributed by atoms with Gasteiger partial charge in [-0.2, -0.15) is 0 Å². The third-order valence-corrected chi connectivity index (χ3v) is 1.72. The zero-order chi connectivity index (χ0) is 12.6. The van der Waals surface area contributed by atoms with Crippen LogP contribution in [-0.2, 0) is 9.59 Å². The van der Waals surface area contributed by atoms with Gasteiger partial charge in [-0.3, -0.25) is 4.98 Å². The van der Waals surface area contributed by atoms with E-state index < -0.39 is 11.9 Å². The summed E-state index contributed by atoms with van der Waals surface area (Å²) in [5.41, 5.74) is 1.04. The highest BCUT2D eigenvalue weighted by Crippen LogP contribution is 2.07. The summed E-state index contributed by atoms with van der Waals surface area (Å²) in [6.07, 6.45) is 2.89. The molecule has 0 radical (unpaired) electrons. The fraction of sp³-hybridized carbons (Fsp3) is 0.100. The molecule has 0 bridgehead atoms. The molecular weight excluding hydrogens is 278 g/mol. The van der Waals surface area contributed by atoms with Crippen molar-refractivity contribution >= 4 is 27.9 Å². The van der Waals surface area contributed by atoms with Crippen molar-refractivity contribution in [2.24, 2.45) is 0 Å². The van der Waals surface area contributed by atoms with E-state index in [0.717, 1.165) is 10.2 Å². The first-order chi connectivity index (χ1) is 7.41. The number of rotatable bonds is 2. The maximum absolute atomic E-state index is 9.55. The zero-order valence-corrected chi connectivity index (χ0v) is 10.0. The second-order valence-corrected chi connectivity index (χ2v) is 3.54. The summed E-state index contributed by atoms with van der Waals surface area (Å²) < 4.78 is 1.09. The Bertz CT molecular complexity index is 370. The minimum atomic E-state index is -1.26. The molecule has 1 heterocycles. The monoisotopic (exact) mass is 287 g/mol. The van der Waals surface area contributed by atoms with Crippen molar-refractivity contribution in [1.29, 1.82) is 0 Å². The van der Waals surface area contributed by atoms with Gasteiger partial charge >= 0.3 is 11.9 Å². The average Bonchev–Trinajstić information content (AvgIpc) is 2.15. The van der Waals surface area contributed by atoms with E-state index >= 15 is 0 Å². The van der Waals surface area contributed by atoms with Gasteiger partial charge in [0.2, 0.25) is 0 Å². The highest BCUT2D eigenvalue weighted by molar-refractivity contribution is 9.10. The molecule has 6 heteroatoms. The van der Waals surface area contributed by atoms with Crippen molar-refractivity contribution in [2.45, 2.75) is 6.92 Å². The predicted octanol–water partition coefficient (Wildman–Crippen LogP) is 1.86. The first-order valence-corrected chi connectivity index (χ1v) is 4.93. The van der Waals surface area contributed by atoms with E-state index in [2.05, 4.69) is 20.9 Å². The number of aromatic nitrogens is 1. The summed E-state index contributed by atoms with van der Waals surface area (Å²) in [7, 11) is 0. The Balaban J connectivity index is 0.000000281. The van der Waals surface area contributed by atoms with Crippen LogP contribution >= 0.6 is 15.9 Å². The van der Waals surface area contributed by atoms with Gasteiger partial charge in [-0.05, 0) is 19.1 Å². The lowest BCUT2D eigenvalue weighted by molar-refractivity contribution is -0.134. The summed E-state index contributed by atoms with van der Waals surface area (Å²) >= 11 is 3.32. The lowest BCUT2D eigenvalue weighted by atomic mass is 10.4. The quantitative estimate of drug-likeness (QED) is 0.811. The van der Waals surface area contributed by atoms with E-state index in [4.69, 9.17) is 10.2 Å². The minimum Gasteiger partial charge on any atom is -0.478 e. The third-order valence-electron chi connectivity index (χ3n) is 1.23. The van der Waals surface area contributed by atoms with Crippen LogP contribution in [0.3, 0.4) is 0 Å². The highest BCUT2D eigenvalue weighted by Gasteiger charge is 1.88. The number of nitrogens with zero attached hydrogens (tertiary/aromatic N) is 1. The topological polar surface area (TPSA) is 87.5 Å². The van der Waals surface area contributed by atoms with E-state index in [-0.39, 0.29) is 0 Å². The van der Waals surface area contributed by atoms with Crippen molar-refractivity contribution in [1.82, 2.24) is 4.98 Å². The summed E-state index contributed by atoms with van der Waals surface area (Å²) in [6.45, 7) is 1.96. The summed E-state index contributed by atoms with van der Waals surface area (Å²) in [5, 5.41) is 15.6. The van der Waals surface area contributed by atoms with Crippen LogP contribution in [0, 0.1) is 6.92 Å². The number of aliphatic carboxylic acids is 2. The Kier molecular flexibility index (Phi) is 6.78. The zero-order valence-electron chi connectivity index (χ0n) is 8.42. The van der Waals surface area contributed by atoms with Gasteiger partial charge in [0.15, 0.2) is 0 Å². The van der Waals surface area contributed by atoms with Gasteiger partial charge in [-0.1, -0.05) is 15.9 Å². The predicted molar refractivity (Wildman–Crippen MR) is 61.1 cm³/mol. The molecule has 86 valence electrons. The van der Waals surface area contributed by atoms with E-state index in [1.165, 1.54) is 0 Å². The molecule has 0 aliphatic rings. The normalized spacial score (nSPS) is 9.38. The molecule has 0 saturated heterocycles. The third kappa shape index (κ3) is 8.89. The summed E-state index contributed by atoms with van der Waals surface area (Å²) in [6, 6.07) is 3.88. The number of carboxylic acid groups (broad SMARTS) is 2. The largest absolute Gasteiger partial charge is 0.478 e. The van der Waals surface area contributed by atoms with Crippen molar-refractivity contribution < 1.29 is 19.8 Å². The molecule has 1 aromatic heterocycles. The Morgan fingerprint density at radius 1 is 1.31 bits per heavy atom. The summed E-state index contributed by atoms with van der Waals surface area (Å²) in [5.74, 6) is -2.51. The molecule has 16 heavy (non-hydrogen) atoms. The van der Waals surface area contributed by atoms with Crippen molar-refractivity contribution in [3.05, 3.63) is 40.6 Å². The lowest BCUT2D eigenvalue weighted by Crippen LogP contribution is -1.91. The van der Waals surface area contributed by atoms with Crippen LogP contribution in [0.25, 0.3) is 0 Å². The van der Waals surface area contributed by atoms with Gasteiger partial charge in [0.1, 0.15) is 0 Å². The second-order valence-electron chi connectivity index (χ2n) is 2.63. The van der Waals surface area contributed by atoms with Gasteiger partial charge in [0.25, 0.3) is 0 Å². The van der Waals surface area contributed by atoms with Crippen LogP contribution in [0.15, 0.2) is 35.0 Å². The van der Waals surface area contributed by atoms with Gasteiger partial charge in [-0.15, -0.1) is 0 Å². The Labute approximate surface area is 101 Å². The maximum Gasteiger partial charge on any atom is 0.328 e. The molecule has 0 spiro atoms. The van der Waals surface area contributed by atoms with Gasteiger partial charge in [-0.25, -0.2) is 9.59 Å². The average molecular weight is 288 g/mol. The molecule has 0 amide bonds. The van der Waals surface area contributed by atoms with E-state index in [1.54, 1.807) is 6.20 Å². The number of aryl methyl sites for hydroxylation is 1. The van der Waals surface area contributed by atoms with Crippen LogP contribution in [0.2, 0.25) is 0 Å². The van der Waals surface area contributed by atoms with Crippen molar-refractivity contribution in [3.8, 4) is 0 Å². The van der Waals surface area contributed by atoms with Crippen LogP contribution in [-0.4, -0.2) is 27.1 Å². The highest BCUT2D eigenvalue weighted by atomic mass is 79.9. The molecule has 1 rings (SSSR count). The minimum absolute atomic E-state index is 0.558. The molecule has 0 fully saturated rings. The molecule has 0 atom stereocenters. The van der Waals surface area contributed by atoms with Crippen LogP contribution in [0.1, 0.15) is 5.69 Å². The molecule has 0 saturated carbocycles. The Hall–Kier alpha value is -1.69. The molecular formula is C10H10BrNO4. The number of hydrogen-bond donors (Lipinski definition) is 2. The molecule has 0 aromatic carbocycles. The molecule has 5 nitrogen and oxygen atoms in total. The number of hydrogen-bond acceptors (Lipinski definition) is 3. The van der Waals surface area contributed by atoms with Crippen LogP contribution in [0.4, 0.5) is 0 Å². The number of pyridine rings is 1. The first-order valence-electron chi connectivity index (χ1n) is 4.14. The number of carboxylic acids is 2. The fourth-order valence-corrected chi connectivity index (χ4v) is 1.10. The molecule has 0 aliphatic carbocycles. The molecule has 1 aromatic rings. The fourth-order valence-electron chi connectivity index (χ4n) is 0.654. The second kappa shape index (κ2) is 7.58. The molecule has 0 unspecified atom stereocenters. The van der Waals surface area contributed by atoms with E-state index in [1.807, 2.05) is 19.1 Å². The lowest BCUT2D eigenvalue weighted by Gasteiger charge is -1.88. The summed E-state index contributed by atoms with van der Waals surface area (Å²) in [4.78, 5) is 23.1. The molecule has 0 aliphatic heterocycles. The van der Waals surface area contributed by atoms with Crippen molar-refractivity contribution in [3.63, 3.8) is 0 Å². The molecule has 2 N–H and O–H groups in total. The first kappa shape index (κ1) is 14.3. The van der Waals surface area contributed by atoms with E-state index in [9.17, 15) is 9.59 Å². The maximum atomic E-state index is 9.55. The van der Waals surface area contributed by atoms with Gasteiger partial charge in [0, 0.05) is 28.5 Å². The smallest absolute Gasteiger partial charge is 0.328 e. The Morgan fingerprint density at radius 2 is 1.81 bits per heavy atom. The Morgan fingerprint density at radius 3 is 2.06 bits per heavy atom. The standard InChI is InChI=1S/C6H6BrN.C4H4O4/c1-5-4-6(7)2-3-8-5;5-3(6)1-2-4(7)8/h2-4H,1H3;1-2H,(H,5,6)(H,7,8)/b;2-1+. The van der Waals surface area contributed by atoms with Crippen LogP contribution in [0.5, 0.6) is 0 Å². The number of carbonyl (C=O) groups is 2. The SMILES string of the molecule is Cc1cc(Br)ccn1.O=C(O)/C=C/C(=O)O. The number of halogens is 1. The van der Waals surface area contributed by atoms with Crippen LogP contribution < -0.4 is 0 Å². The van der Waals surface area contributed by atoms with Gasteiger partial charge in [0.05, 0.1) is 0 Å². The van der Waals surface area contributed by atoms with Crippen molar-refractivity contribution in [2.75, 3.05) is 0 Å². The van der Waals surface area contributed by atoms with Gasteiger partial charge < -0.3 is 10.2 Å².